The van der Waals surface area contributed by atoms with Crippen LogP contribution in [0.4, 0.5) is 4.39 Å². The summed E-state index contributed by atoms with van der Waals surface area (Å²) in [6.45, 7) is -7.93. The second-order valence-electron chi connectivity index (χ2n) is 9.51. The zero-order chi connectivity index (χ0) is 30.7. The van der Waals surface area contributed by atoms with E-state index in [9.17, 15) is 19.0 Å². The number of carbonyl (C=O) groups is 1. The molecular formula is C21H23FN8O9P2S2. The number of carbonyl (C=O) groups excluding carboxylic acids is 1. The molecule has 6 rings (SSSR count). The largest absolute Gasteiger partial charge is 0.387 e. The van der Waals surface area contributed by atoms with Crippen LogP contribution >= 0.6 is 25.8 Å². The average Bonchev–Trinajstić information content (AvgIpc) is 3.59. The first-order valence-electron chi connectivity index (χ1n) is 12.5. The normalized spacial score (nSPS) is 30.6. The number of fused-ring (bicyclic) bond motifs is 6. The Balaban J connectivity index is 1.38. The Kier molecular flexibility index (Phi) is 8.04. The molecule has 2 aliphatic rings. The number of hydrogen-bond donors (Lipinski definition) is 4. The molecule has 2 bridgehead atoms. The molecule has 0 aliphatic carbocycles. The number of pyridine rings is 1. The number of amides is 1. The third-order valence-electron chi connectivity index (χ3n) is 6.62. The fraction of sp³-hybridized carbons (Fsp3) is 0.429. The molecule has 230 valence electrons. The zero-order valence-electron chi connectivity index (χ0n) is 22.0. The Morgan fingerprint density at radius 3 is 2.84 bits per heavy atom. The number of rotatable bonds is 2. The van der Waals surface area contributed by atoms with E-state index in [0.29, 0.717) is 5.65 Å². The van der Waals surface area contributed by atoms with Crippen LogP contribution in [0.5, 0.6) is 0 Å². The standard InChI is InChI=1S/C21H23FN8O9P2S2/c1-9-26-19-15(20(32)27-9)25-8-30(19)21-16-14(22)12(38-21)6-36-40(33,42)35-3-2-29-13(7-37-41(34,43)39-16)28-11-4-10(17(23)31)5-24-18(11)29/h4-5,8,12,14,16,21H,2-3,6-7H2,1H3,(H2,23,31)(H,33,42)(H,34,43)(H,26,27,32)/t12-,14+,16-,21-,40?,41?/m1/s1. The fourth-order valence-corrected chi connectivity index (χ4v) is 7.20. The van der Waals surface area contributed by atoms with Gasteiger partial charge in [0, 0.05) is 12.7 Å². The van der Waals surface area contributed by atoms with Gasteiger partial charge in [-0.1, -0.05) is 12.2 Å². The Hall–Kier alpha value is -2.64. The second kappa shape index (κ2) is 11.4. The minimum atomic E-state index is -4.36. The highest BCUT2D eigenvalue weighted by Gasteiger charge is 2.51. The van der Waals surface area contributed by atoms with Gasteiger partial charge in [0.2, 0.25) is 5.91 Å². The SMILES string of the molecule is Cc1nc2c(ncn2[C@@H]2O[C@@H]3COP(O)(=S)OCCn4c(nc5cc(C(N)=O)cnc54)COP(=O)(S)O[C@@H]2[C@H]3F)c(=O)[nH]1. The molecular weight excluding hydrogens is 653 g/mol. The lowest BCUT2D eigenvalue weighted by molar-refractivity contribution is -0.0453. The van der Waals surface area contributed by atoms with Crippen LogP contribution in [0, 0.1) is 6.92 Å². The number of halogens is 1. The number of primary amides is 1. The first kappa shape index (κ1) is 30.4. The van der Waals surface area contributed by atoms with Crippen molar-refractivity contribution in [2.75, 3.05) is 13.2 Å². The Morgan fingerprint density at radius 1 is 1.28 bits per heavy atom. The number of H-pyrrole nitrogens is 1. The van der Waals surface area contributed by atoms with Gasteiger partial charge in [-0.25, -0.2) is 28.9 Å². The van der Waals surface area contributed by atoms with Gasteiger partial charge in [0.1, 0.15) is 36.0 Å². The highest BCUT2D eigenvalue weighted by atomic mass is 32.7. The number of thiol groups is 1. The van der Waals surface area contributed by atoms with E-state index in [-0.39, 0.29) is 47.0 Å². The predicted molar refractivity (Wildman–Crippen MR) is 152 cm³/mol. The minimum Gasteiger partial charge on any atom is -0.366 e. The van der Waals surface area contributed by atoms with Gasteiger partial charge >= 0.3 is 13.5 Å². The molecule has 22 heteroatoms. The van der Waals surface area contributed by atoms with Crippen LogP contribution in [0.25, 0.3) is 22.3 Å². The molecule has 17 nitrogen and oxygen atoms in total. The smallest absolute Gasteiger partial charge is 0.366 e. The number of aryl methyl sites for hydroxylation is 1. The van der Waals surface area contributed by atoms with E-state index in [1.807, 2.05) is 0 Å². The van der Waals surface area contributed by atoms with E-state index >= 15 is 4.39 Å². The number of aromatic nitrogens is 7. The van der Waals surface area contributed by atoms with Crippen molar-refractivity contribution in [2.45, 2.75) is 44.7 Å². The van der Waals surface area contributed by atoms with Gasteiger partial charge < -0.3 is 34.0 Å². The monoisotopic (exact) mass is 676 g/mol. The highest BCUT2D eigenvalue weighted by Crippen LogP contribution is 2.57. The van der Waals surface area contributed by atoms with E-state index in [4.69, 9.17) is 40.4 Å². The van der Waals surface area contributed by atoms with E-state index in [1.165, 1.54) is 27.7 Å². The summed E-state index contributed by atoms with van der Waals surface area (Å²) in [6, 6.07) is 1.41. The molecule has 4 aromatic rings. The molecule has 1 saturated heterocycles. The topological polar surface area (TPSA) is 221 Å². The summed E-state index contributed by atoms with van der Waals surface area (Å²) in [5.74, 6) is -0.317. The molecule has 2 unspecified atom stereocenters. The summed E-state index contributed by atoms with van der Waals surface area (Å²) in [5, 5.41) is 0. The van der Waals surface area contributed by atoms with Crippen LogP contribution in [0.2, 0.25) is 0 Å². The number of imidazole rings is 2. The highest BCUT2D eigenvalue weighted by molar-refractivity contribution is 8.44. The van der Waals surface area contributed by atoms with Gasteiger partial charge in [-0.2, -0.15) is 0 Å². The molecule has 1 fully saturated rings. The Morgan fingerprint density at radius 2 is 2.07 bits per heavy atom. The zero-order valence-corrected chi connectivity index (χ0v) is 25.5. The van der Waals surface area contributed by atoms with Crippen LogP contribution < -0.4 is 11.3 Å². The molecule has 0 spiro atoms. The van der Waals surface area contributed by atoms with E-state index in [0.717, 1.165) is 0 Å². The van der Waals surface area contributed by atoms with Crippen molar-refractivity contribution in [1.82, 2.24) is 34.1 Å². The third-order valence-corrected chi connectivity index (χ3v) is 9.83. The number of nitrogens with one attached hydrogen (secondary N) is 1. The summed E-state index contributed by atoms with van der Waals surface area (Å²) in [6.07, 6.45) is -3.98. The summed E-state index contributed by atoms with van der Waals surface area (Å²) < 4.78 is 59.9. The van der Waals surface area contributed by atoms with E-state index in [1.54, 1.807) is 6.92 Å². The number of nitrogens with two attached hydrogens (primary N) is 1. The van der Waals surface area contributed by atoms with Crippen molar-refractivity contribution >= 4 is 65.8 Å². The molecule has 43 heavy (non-hydrogen) atoms. The van der Waals surface area contributed by atoms with E-state index in [2.05, 4.69) is 37.2 Å². The maximum absolute atomic E-state index is 15.9. The lowest BCUT2D eigenvalue weighted by Crippen LogP contribution is -2.32. The maximum Gasteiger partial charge on any atom is 0.387 e. The lowest BCUT2D eigenvalue weighted by Gasteiger charge is -2.24. The number of hydrogen-bond acceptors (Lipinski definition) is 13. The number of aromatic amines is 1. The molecule has 2 aliphatic heterocycles. The Labute approximate surface area is 250 Å². The van der Waals surface area contributed by atoms with Crippen molar-refractivity contribution in [3.63, 3.8) is 0 Å². The molecule has 4 N–H and O–H groups in total. The van der Waals surface area contributed by atoms with Gasteiger partial charge in [0.05, 0.1) is 25.1 Å². The molecule has 0 radical (unpaired) electrons. The fourth-order valence-electron chi connectivity index (χ4n) is 4.70. The van der Waals surface area contributed by atoms with Crippen LogP contribution in [0.15, 0.2) is 23.4 Å². The van der Waals surface area contributed by atoms with Crippen molar-refractivity contribution in [3.8, 4) is 0 Å². The number of ether oxygens (including phenoxy) is 1. The molecule has 6 atom stereocenters. The number of alkyl halides is 1. The lowest BCUT2D eigenvalue weighted by atomic mass is 10.1. The molecule has 4 aromatic heterocycles. The molecule has 6 heterocycles. The van der Waals surface area contributed by atoms with Crippen LogP contribution in [-0.4, -0.2) is 76.4 Å². The summed E-state index contributed by atoms with van der Waals surface area (Å²) in [7, 11) is 0. The average molecular weight is 677 g/mol. The van der Waals surface area contributed by atoms with Crippen LogP contribution in [-0.2, 0) is 52.4 Å². The van der Waals surface area contributed by atoms with Gasteiger partial charge in [-0.05, 0) is 24.8 Å². The molecule has 1 amide bonds. The Bertz CT molecular complexity index is 1900. The van der Waals surface area contributed by atoms with Gasteiger partial charge in [0.15, 0.2) is 29.2 Å². The van der Waals surface area contributed by atoms with Gasteiger partial charge in [0.25, 0.3) is 5.56 Å². The second-order valence-corrected chi connectivity index (χ2v) is 15.2. The van der Waals surface area contributed by atoms with E-state index < -0.39 is 62.8 Å². The van der Waals surface area contributed by atoms with Crippen molar-refractivity contribution < 1.29 is 41.5 Å². The maximum atomic E-state index is 15.9. The summed E-state index contributed by atoms with van der Waals surface area (Å²) in [5.41, 5.74) is 5.45. The first-order chi connectivity index (χ1) is 20.3. The summed E-state index contributed by atoms with van der Waals surface area (Å²) in [4.78, 5) is 54.1. The quantitative estimate of drug-likeness (QED) is 0.174. The molecule has 0 aromatic carbocycles. The third kappa shape index (κ3) is 6.04. The first-order valence-corrected chi connectivity index (χ1v) is 17.8. The number of nitrogens with zero attached hydrogens (tertiary/aromatic N) is 6. The minimum absolute atomic E-state index is 0.0216. The predicted octanol–water partition coefficient (Wildman–Crippen LogP) is 1.41. The van der Waals surface area contributed by atoms with Crippen LogP contribution in [0.3, 0.4) is 0 Å². The van der Waals surface area contributed by atoms with Crippen molar-refractivity contribution in [1.29, 1.82) is 0 Å². The van der Waals surface area contributed by atoms with Crippen LogP contribution in [0.1, 0.15) is 28.2 Å². The van der Waals surface area contributed by atoms with Crippen molar-refractivity contribution in [3.05, 3.63) is 46.2 Å². The van der Waals surface area contributed by atoms with Gasteiger partial charge in [-0.3, -0.25) is 23.2 Å². The molecule has 0 saturated carbocycles. The summed E-state index contributed by atoms with van der Waals surface area (Å²) >= 11 is 9.16. The van der Waals surface area contributed by atoms with Crippen molar-refractivity contribution in [2.24, 2.45) is 5.73 Å². The van der Waals surface area contributed by atoms with Gasteiger partial charge in [-0.15, -0.1) is 0 Å².